The molecule has 0 saturated heterocycles. The number of carbonyl (C=O) groups excluding carboxylic acids is 2. The first-order valence-corrected chi connectivity index (χ1v) is 9.49. The highest BCUT2D eigenvalue weighted by Crippen LogP contribution is 2.18. The molecule has 2 N–H and O–H groups in total. The maximum Gasteiger partial charge on any atom is 0.234 e. The maximum atomic E-state index is 12.6. The minimum Gasteiger partial charge on any atom is -0.355 e. The molecule has 0 bridgehead atoms. The van der Waals surface area contributed by atoms with Gasteiger partial charge >= 0.3 is 0 Å². The van der Waals surface area contributed by atoms with E-state index in [4.69, 9.17) is 0 Å². The number of hydrogen-bond acceptors (Lipinski definition) is 3. The number of nitrogens with one attached hydrogen (secondary N) is 2. The Morgan fingerprint density at radius 3 is 2.07 bits per heavy atom. The Labute approximate surface area is 161 Å². The fraction of sp³-hybridized carbons (Fsp3) is 0.364. The Balaban J connectivity index is 2.03. The number of amides is 2. The summed E-state index contributed by atoms with van der Waals surface area (Å²) in [7, 11) is 0. The van der Waals surface area contributed by atoms with Gasteiger partial charge in [-0.1, -0.05) is 67.6 Å². The third-order valence-electron chi connectivity index (χ3n) is 4.38. The molecule has 0 radical (unpaired) electrons. The summed E-state index contributed by atoms with van der Waals surface area (Å²) in [4.78, 5) is 26.3. The molecule has 5 heteroatoms. The molecule has 0 saturated carbocycles. The van der Waals surface area contributed by atoms with Gasteiger partial charge in [-0.05, 0) is 31.0 Å². The van der Waals surface area contributed by atoms with Crippen LogP contribution in [0.2, 0.25) is 0 Å². The average Bonchev–Trinajstić information content (AvgIpc) is 2.68. The van der Waals surface area contributed by atoms with Crippen LogP contribution < -0.4 is 10.6 Å². The van der Waals surface area contributed by atoms with E-state index in [0.29, 0.717) is 13.1 Å². The van der Waals surface area contributed by atoms with Gasteiger partial charge in [0, 0.05) is 6.54 Å². The topological polar surface area (TPSA) is 61.4 Å². The Morgan fingerprint density at radius 2 is 1.48 bits per heavy atom. The van der Waals surface area contributed by atoms with Crippen LogP contribution in [0.25, 0.3) is 0 Å². The van der Waals surface area contributed by atoms with E-state index in [-0.39, 0.29) is 30.9 Å². The zero-order valence-corrected chi connectivity index (χ0v) is 16.2. The summed E-state index contributed by atoms with van der Waals surface area (Å²) < 4.78 is 0. The van der Waals surface area contributed by atoms with Crippen LogP contribution >= 0.6 is 0 Å². The smallest absolute Gasteiger partial charge is 0.234 e. The Hall–Kier alpha value is -2.66. The molecular weight excluding hydrogens is 338 g/mol. The third kappa shape index (κ3) is 7.23. The molecule has 0 aliphatic heterocycles. The Morgan fingerprint density at radius 1 is 0.889 bits per heavy atom. The molecule has 0 fully saturated rings. The molecule has 0 aromatic heterocycles. The van der Waals surface area contributed by atoms with Gasteiger partial charge in [0.2, 0.25) is 11.8 Å². The molecule has 2 aromatic carbocycles. The zero-order chi connectivity index (χ0) is 19.5. The van der Waals surface area contributed by atoms with Gasteiger partial charge in [0.25, 0.3) is 0 Å². The molecule has 0 spiro atoms. The van der Waals surface area contributed by atoms with Gasteiger partial charge in [-0.3, -0.25) is 14.5 Å². The van der Waals surface area contributed by atoms with Crippen molar-refractivity contribution >= 4 is 11.8 Å². The largest absolute Gasteiger partial charge is 0.355 e. The van der Waals surface area contributed by atoms with Crippen molar-refractivity contribution in [3.8, 4) is 0 Å². The third-order valence-corrected chi connectivity index (χ3v) is 4.38. The molecule has 5 nitrogen and oxygen atoms in total. The maximum absolute atomic E-state index is 12.6. The van der Waals surface area contributed by atoms with E-state index >= 15 is 0 Å². The van der Waals surface area contributed by atoms with Gasteiger partial charge in [-0.2, -0.15) is 0 Å². The number of benzene rings is 2. The van der Waals surface area contributed by atoms with E-state index in [9.17, 15) is 9.59 Å². The number of carbonyl (C=O) groups is 2. The van der Waals surface area contributed by atoms with Crippen molar-refractivity contribution in [1.82, 2.24) is 15.5 Å². The molecule has 0 unspecified atom stereocenters. The first-order chi connectivity index (χ1) is 13.1. The minimum atomic E-state index is -0.107. The van der Waals surface area contributed by atoms with E-state index in [1.807, 2.05) is 67.3 Å². The molecule has 1 atom stereocenters. The highest BCUT2D eigenvalue weighted by molar-refractivity contribution is 5.81. The Kier molecular flexibility index (Phi) is 8.52. The normalized spacial score (nSPS) is 11.8. The fourth-order valence-corrected chi connectivity index (χ4v) is 2.97. The van der Waals surface area contributed by atoms with Gasteiger partial charge in [0.15, 0.2) is 0 Å². The van der Waals surface area contributed by atoms with Gasteiger partial charge in [-0.25, -0.2) is 0 Å². The van der Waals surface area contributed by atoms with E-state index in [0.717, 1.165) is 12.0 Å². The summed E-state index contributed by atoms with van der Waals surface area (Å²) in [5, 5.41) is 5.91. The van der Waals surface area contributed by atoms with Crippen LogP contribution in [0.15, 0.2) is 60.7 Å². The van der Waals surface area contributed by atoms with Crippen LogP contribution in [0, 0.1) is 0 Å². The average molecular weight is 367 g/mol. The molecule has 0 heterocycles. The van der Waals surface area contributed by atoms with Gasteiger partial charge in [0.05, 0.1) is 19.1 Å². The van der Waals surface area contributed by atoms with Gasteiger partial charge < -0.3 is 10.6 Å². The van der Waals surface area contributed by atoms with Crippen LogP contribution in [0.1, 0.15) is 31.0 Å². The molecule has 2 aromatic rings. The molecule has 144 valence electrons. The second-order valence-corrected chi connectivity index (χ2v) is 6.48. The SMILES string of the molecule is CCNC(=O)CN(CC)CC(=O)N[C@H](Cc1ccccc1)c1ccccc1. The number of likely N-dealkylation sites (N-methyl/N-ethyl adjacent to an activating group) is 2. The van der Waals surface area contributed by atoms with E-state index in [1.165, 1.54) is 5.56 Å². The number of hydrogen-bond donors (Lipinski definition) is 2. The monoisotopic (exact) mass is 367 g/mol. The lowest BCUT2D eigenvalue weighted by Gasteiger charge is -2.23. The standard InChI is InChI=1S/C22H29N3O2/c1-3-23-21(26)16-25(4-2)17-22(27)24-20(19-13-9-6-10-14-19)15-18-11-7-5-8-12-18/h5-14,20H,3-4,15-17H2,1-2H3,(H,23,26)(H,24,27)/t20-/m1/s1. The van der Waals surface area contributed by atoms with Crippen molar-refractivity contribution in [3.63, 3.8) is 0 Å². The van der Waals surface area contributed by atoms with Crippen LogP contribution in [0.5, 0.6) is 0 Å². The Bertz CT molecular complexity index is 704. The predicted octanol–water partition coefficient (Wildman–Crippen LogP) is 2.54. The first kappa shape index (κ1) is 20.6. The molecule has 27 heavy (non-hydrogen) atoms. The first-order valence-electron chi connectivity index (χ1n) is 9.49. The van der Waals surface area contributed by atoms with Crippen LogP contribution in [0.3, 0.4) is 0 Å². The number of nitrogens with zero attached hydrogens (tertiary/aromatic N) is 1. The van der Waals surface area contributed by atoms with Crippen molar-refractivity contribution in [1.29, 1.82) is 0 Å². The summed E-state index contributed by atoms with van der Waals surface area (Å²) in [6, 6.07) is 20.0. The molecular formula is C22H29N3O2. The van der Waals surface area contributed by atoms with Crippen molar-refractivity contribution in [3.05, 3.63) is 71.8 Å². The van der Waals surface area contributed by atoms with E-state index in [2.05, 4.69) is 22.8 Å². The molecule has 0 aliphatic rings. The lowest BCUT2D eigenvalue weighted by Crippen LogP contribution is -2.43. The van der Waals surface area contributed by atoms with E-state index in [1.54, 1.807) is 0 Å². The van der Waals surface area contributed by atoms with Crippen LogP contribution in [-0.2, 0) is 16.0 Å². The minimum absolute atomic E-state index is 0.0592. The van der Waals surface area contributed by atoms with Crippen molar-refractivity contribution in [2.24, 2.45) is 0 Å². The molecule has 2 amide bonds. The summed E-state index contributed by atoms with van der Waals surface area (Å²) in [6.45, 7) is 5.49. The van der Waals surface area contributed by atoms with Crippen LogP contribution in [-0.4, -0.2) is 42.9 Å². The van der Waals surface area contributed by atoms with Gasteiger partial charge in [0.1, 0.15) is 0 Å². The fourth-order valence-electron chi connectivity index (χ4n) is 2.97. The predicted molar refractivity (Wildman–Crippen MR) is 108 cm³/mol. The lowest BCUT2D eigenvalue weighted by atomic mass is 9.99. The second kappa shape index (κ2) is 11.1. The highest BCUT2D eigenvalue weighted by atomic mass is 16.2. The van der Waals surface area contributed by atoms with Crippen molar-refractivity contribution < 1.29 is 9.59 Å². The highest BCUT2D eigenvalue weighted by Gasteiger charge is 2.18. The lowest BCUT2D eigenvalue weighted by molar-refractivity contribution is -0.125. The quantitative estimate of drug-likeness (QED) is 0.678. The van der Waals surface area contributed by atoms with Crippen molar-refractivity contribution in [2.45, 2.75) is 26.3 Å². The number of rotatable bonds is 10. The summed E-state index contributed by atoms with van der Waals surface area (Å²) in [5.74, 6) is -0.137. The van der Waals surface area contributed by atoms with Gasteiger partial charge in [-0.15, -0.1) is 0 Å². The summed E-state index contributed by atoms with van der Waals surface area (Å²) in [5.41, 5.74) is 2.24. The van der Waals surface area contributed by atoms with Crippen LogP contribution in [0.4, 0.5) is 0 Å². The molecule has 0 aliphatic carbocycles. The summed E-state index contributed by atoms with van der Waals surface area (Å²) >= 11 is 0. The van der Waals surface area contributed by atoms with Crippen molar-refractivity contribution in [2.75, 3.05) is 26.2 Å². The zero-order valence-electron chi connectivity index (χ0n) is 16.2. The second-order valence-electron chi connectivity index (χ2n) is 6.48. The molecule has 2 rings (SSSR count). The van der Waals surface area contributed by atoms with E-state index < -0.39 is 0 Å². The summed E-state index contributed by atoms with van der Waals surface area (Å²) in [6.07, 6.45) is 0.721.